The summed E-state index contributed by atoms with van der Waals surface area (Å²) in [5.74, 6) is -0.0788. The zero-order valence-electron chi connectivity index (χ0n) is 7.70. The lowest BCUT2D eigenvalue weighted by molar-refractivity contribution is -0.143. The molecule has 0 aromatic heterocycles. The number of likely N-dealkylation sites (tertiary alicyclic amines) is 1. The Morgan fingerprint density at radius 2 is 2.23 bits per heavy atom. The van der Waals surface area contributed by atoms with E-state index in [1.54, 1.807) is 0 Å². The van der Waals surface area contributed by atoms with Crippen LogP contribution in [0, 0.1) is 11.3 Å². The average molecular weight is 181 g/mol. The van der Waals surface area contributed by atoms with Crippen molar-refractivity contribution >= 4 is 5.97 Å². The zero-order chi connectivity index (χ0) is 9.05. The van der Waals surface area contributed by atoms with Crippen LogP contribution in [0.1, 0.15) is 25.7 Å². The van der Waals surface area contributed by atoms with Crippen LogP contribution < -0.4 is 0 Å². The van der Waals surface area contributed by atoms with Crippen molar-refractivity contribution in [2.45, 2.75) is 31.7 Å². The molecule has 2 atom stereocenters. The van der Waals surface area contributed by atoms with Crippen molar-refractivity contribution in [1.29, 1.82) is 0 Å². The molecule has 3 nitrogen and oxygen atoms in total. The first-order valence-corrected chi connectivity index (χ1v) is 5.20. The molecule has 1 saturated heterocycles. The molecule has 1 heterocycles. The van der Waals surface area contributed by atoms with Gasteiger partial charge in [0, 0.05) is 19.1 Å². The summed E-state index contributed by atoms with van der Waals surface area (Å²) in [6.07, 6.45) is 4.86. The van der Waals surface area contributed by atoms with E-state index in [-0.39, 0.29) is 5.41 Å². The van der Waals surface area contributed by atoms with Crippen LogP contribution in [0.15, 0.2) is 0 Å². The Kier molecular flexibility index (Phi) is 1.36. The van der Waals surface area contributed by atoms with Gasteiger partial charge in [-0.1, -0.05) is 6.42 Å². The second-order valence-electron chi connectivity index (χ2n) is 4.88. The Morgan fingerprint density at radius 1 is 1.46 bits per heavy atom. The van der Waals surface area contributed by atoms with Gasteiger partial charge in [0.15, 0.2) is 0 Å². The molecule has 2 unspecified atom stereocenters. The monoisotopic (exact) mass is 181 g/mol. The molecule has 0 aromatic carbocycles. The summed E-state index contributed by atoms with van der Waals surface area (Å²) in [5, 5.41) is 9.08. The fourth-order valence-corrected chi connectivity index (χ4v) is 2.88. The van der Waals surface area contributed by atoms with E-state index < -0.39 is 5.97 Å². The van der Waals surface area contributed by atoms with E-state index in [2.05, 4.69) is 4.90 Å². The third-order valence-electron chi connectivity index (χ3n) is 4.19. The first-order chi connectivity index (χ1) is 6.22. The highest BCUT2D eigenvalue weighted by Gasteiger charge is 2.66. The lowest BCUT2D eigenvalue weighted by atomic mass is 9.91. The fraction of sp³-hybridized carbons (Fsp3) is 0.900. The Hall–Kier alpha value is -0.570. The zero-order valence-corrected chi connectivity index (χ0v) is 7.70. The molecule has 0 aromatic rings. The Balaban J connectivity index is 1.70. The van der Waals surface area contributed by atoms with Crippen LogP contribution in [-0.2, 0) is 4.79 Å². The quantitative estimate of drug-likeness (QED) is 0.689. The van der Waals surface area contributed by atoms with Gasteiger partial charge < -0.3 is 5.11 Å². The Bertz CT molecular complexity index is 262. The van der Waals surface area contributed by atoms with E-state index in [0.29, 0.717) is 5.92 Å². The van der Waals surface area contributed by atoms with Gasteiger partial charge >= 0.3 is 5.97 Å². The highest BCUT2D eigenvalue weighted by atomic mass is 16.4. The molecule has 1 aliphatic heterocycles. The molecular formula is C10H15NO2. The van der Waals surface area contributed by atoms with E-state index in [1.807, 2.05) is 0 Å². The van der Waals surface area contributed by atoms with Gasteiger partial charge in [-0.25, -0.2) is 0 Å². The molecular weight excluding hydrogens is 166 g/mol. The number of carboxylic acids is 1. The van der Waals surface area contributed by atoms with Gasteiger partial charge in [-0.15, -0.1) is 0 Å². The molecule has 3 fully saturated rings. The first kappa shape index (κ1) is 7.80. The van der Waals surface area contributed by atoms with Crippen LogP contribution in [0.5, 0.6) is 0 Å². The third kappa shape index (κ3) is 0.909. The molecule has 72 valence electrons. The summed E-state index contributed by atoms with van der Waals surface area (Å²) >= 11 is 0. The van der Waals surface area contributed by atoms with Crippen molar-refractivity contribution in [3.05, 3.63) is 0 Å². The largest absolute Gasteiger partial charge is 0.481 e. The molecule has 1 N–H and O–H groups in total. The van der Waals surface area contributed by atoms with Crippen molar-refractivity contribution in [2.24, 2.45) is 11.3 Å². The normalized spacial score (nSPS) is 44.2. The number of hydrogen-bond acceptors (Lipinski definition) is 2. The molecule has 0 spiro atoms. The van der Waals surface area contributed by atoms with Crippen LogP contribution in [0.2, 0.25) is 0 Å². The molecule has 0 amide bonds. The van der Waals surface area contributed by atoms with Gasteiger partial charge in [0.1, 0.15) is 0 Å². The number of fused-ring (bicyclic) bond motifs is 1. The van der Waals surface area contributed by atoms with E-state index in [1.165, 1.54) is 19.3 Å². The molecule has 2 saturated carbocycles. The average Bonchev–Trinajstić information content (AvgIpc) is 2.52. The second-order valence-corrected chi connectivity index (χ2v) is 4.88. The first-order valence-electron chi connectivity index (χ1n) is 5.20. The van der Waals surface area contributed by atoms with E-state index >= 15 is 0 Å². The van der Waals surface area contributed by atoms with Crippen molar-refractivity contribution in [2.75, 3.05) is 13.1 Å². The molecule has 3 heteroatoms. The van der Waals surface area contributed by atoms with Gasteiger partial charge in [0.05, 0.1) is 5.41 Å². The van der Waals surface area contributed by atoms with E-state index in [9.17, 15) is 4.79 Å². The maximum Gasteiger partial charge on any atom is 0.311 e. The number of aliphatic carboxylic acids is 1. The van der Waals surface area contributed by atoms with Crippen molar-refractivity contribution < 1.29 is 9.90 Å². The Labute approximate surface area is 77.7 Å². The molecule has 0 radical (unpaired) electrons. The maximum absolute atomic E-state index is 11.0. The summed E-state index contributed by atoms with van der Waals surface area (Å²) in [4.78, 5) is 13.4. The molecule has 3 rings (SSSR count). The number of piperidine rings is 1. The molecule has 2 aliphatic carbocycles. The number of rotatable bonds is 2. The molecule has 3 aliphatic rings. The molecule has 13 heavy (non-hydrogen) atoms. The topological polar surface area (TPSA) is 40.5 Å². The molecule has 0 bridgehead atoms. The highest BCUT2D eigenvalue weighted by molar-refractivity contribution is 5.79. The van der Waals surface area contributed by atoms with Crippen LogP contribution >= 0.6 is 0 Å². The predicted octanol–water partition coefficient (Wildman–Crippen LogP) is 0.945. The van der Waals surface area contributed by atoms with Gasteiger partial charge in [-0.2, -0.15) is 0 Å². The second kappa shape index (κ2) is 2.27. The lowest BCUT2D eigenvalue weighted by Gasteiger charge is -2.36. The smallest absolute Gasteiger partial charge is 0.311 e. The maximum atomic E-state index is 11.0. The minimum Gasteiger partial charge on any atom is -0.481 e. The van der Waals surface area contributed by atoms with Crippen LogP contribution in [0.25, 0.3) is 0 Å². The van der Waals surface area contributed by atoms with Crippen LogP contribution in [-0.4, -0.2) is 35.1 Å². The van der Waals surface area contributed by atoms with Crippen molar-refractivity contribution in [1.82, 2.24) is 4.90 Å². The lowest BCUT2D eigenvalue weighted by Crippen LogP contribution is -2.41. The van der Waals surface area contributed by atoms with Gasteiger partial charge in [0.2, 0.25) is 0 Å². The Morgan fingerprint density at radius 3 is 2.69 bits per heavy atom. The third-order valence-corrected chi connectivity index (χ3v) is 4.19. The highest BCUT2D eigenvalue weighted by Crippen LogP contribution is 2.58. The number of nitrogens with zero attached hydrogens (tertiary/aromatic N) is 1. The van der Waals surface area contributed by atoms with Gasteiger partial charge in [-0.05, 0) is 25.2 Å². The summed E-state index contributed by atoms with van der Waals surface area (Å²) in [7, 11) is 0. The number of carbonyl (C=O) groups is 1. The summed E-state index contributed by atoms with van der Waals surface area (Å²) < 4.78 is 0. The number of carboxylic acid groups (broad SMARTS) is 1. The fourth-order valence-electron chi connectivity index (χ4n) is 2.88. The van der Waals surface area contributed by atoms with Gasteiger partial charge in [0.25, 0.3) is 0 Å². The standard InChI is InChI=1S/C10H15NO2/c12-9(13)10-4-7(10)5-11(6-10)8-2-1-3-8/h7-8H,1-6H2,(H,12,13). The van der Waals surface area contributed by atoms with Crippen molar-refractivity contribution in [3.63, 3.8) is 0 Å². The number of hydrogen-bond donors (Lipinski definition) is 1. The summed E-state index contributed by atoms with van der Waals surface area (Å²) in [6, 6.07) is 0.726. The predicted molar refractivity (Wildman–Crippen MR) is 47.4 cm³/mol. The van der Waals surface area contributed by atoms with E-state index in [0.717, 1.165) is 25.6 Å². The minimum absolute atomic E-state index is 0.310. The van der Waals surface area contributed by atoms with Crippen LogP contribution in [0.4, 0.5) is 0 Å². The van der Waals surface area contributed by atoms with Crippen molar-refractivity contribution in [3.8, 4) is 0 Å². The summed E-state index contributed by atoms with van der Waals surface area (Å²) in [6.45, 7) is 1.88. The summed E-state index contributed by atoms with van der Waals surface area (Å²) in [5.41, 5.74) is -0.310. The minimum atomic E-state index is -0.556. The van der Waals surface area contributed by atoms with Gasteiger partial charge in [-0.3, -0.25) is 9.69 Å². The van der Waals surface area contributed by atoms with E-state index in [4.69, 9.17) is 5.11 Å². The van der Waals surface area contributed by atoms with Crippen LogP contribution in [0.3, 0.4) is 0 Å². The SMILES string of the molecule is O=C(O)C12CC1CN(C1CCC1)C2.